The smallest absolute Gasteiger partial charge is 0.0815 e. The Kier molecular flexibility index (Phi) is 5.42. The lowest BCUT2D eigenvalue weighted by Crippen LogP contribution is -2.48. The maximum atomic E-state index is 10.5. The van der Waals surface area contributed by atoms with Crippen molar-refractivity contribution in [2.24, 2.45) is 0 Å². The fourth-order valence-electron chi connectivity index (χ4n) is 3.14. The van der Waals surface area contributed by atoms with E-state index in [1.165, 1.54) is 5.56 Å². The van der Waals surface area contributed by atoms with Crippen molar-refractivity contribution in [2.75, 3.05) is 19.8 Å². The van der Waals surface area contributed by atoms with E-state index in [0.717, 1.165) is 19.3 Å². The maximum absolute atomic E-state index is 10.5. The number of hydrogen-bond donors (Lipinski definition) is 2. The molecule has 1 fully saturated rings. The van der Waals surface area contributed by atoms with Crippen LogP contribution in [0.2, 0.25) is 0 Å². The summed E-state index contributed by atoms with van der Waals surface area (Å²) in [6.07, 6.45) is 2.51. The van der Waals surface area contributed by atoms with E-state index < -0.39 is 5.60 Å². The molecule has 1 aliphatic heterocycles. The van der Waals surface area contributed by atoms with Crippen LogP contribution in [0, 0.1) is 0 Å². The van der Waals surface area contributed by atoms with Gasteiger partial charge in [-0.25, -0.2) is 0 Å². The zero-order chi connectivity index (χ0) is 15.3. The average Bonchev–Trinajstić information content (AvgIpc) is 2.47. The van der Waals surface area contributed by atoms with Crippen LogP contribution in [0.15, 0.2) is 30.3 Å². The van der Waals surface area contributed by atoms with Crippen molar-refractivity contribution >= 4 is 0 Å². The third kappa shape index (κ3) is 4.80. The van der Waals surface area contributed by atoms with Gasteiger partial charge >= 0.3 is 0 Å². The molecule has 1 aliphatic rings. The van der Waals surface area contributed by atoms with Crippen LogP contribution in [-0.4, -0.2) is 36.5 Å². The molecule has 1 saturated heterocycles. The standard InChI is InChI=1S/C18H29NO2/c1-15(19-14-18(20)9-11-21-12-10-18)13-17(2,3)16-7-5-4-6-8-16/h4-8,15,19-20H,9-14H2,1-3H3. The molecule has 2 N–H and O–H groups in total. The minimum atomic E-state index is -0.594. The summed E-state index contributed by atoms with van der Waals surface area (Å²) in [6.45, 7) is 8.76. The molecule has 3 heteroatoms. The van der Waals surface area contributed by atoms with Crippen LogP contribution in [0.25, 0.3) is 0 Å². The summed E-state index contributed by atoms with van der Waals surface area (Å²) in [6, 6.07) is 11.0. The number of aliphatic hydroxyl groups is 1. The first kappa shape index (κ1) is 16.5. The monoisotopic (exact) mass is 291 g/mol. The van der Waals surface area contributed by atoms with Crippen LogP contribution < -0.4 is 5.32 Å². The van der Waals surface area contributed by atoms with Crippen LogP contribution in [0.4, 0.5) is 0 Å². The molecule has 1 aromatic rings. The van der Waals surface area contributed by atoms with E-state index in [1.54, 1.807) is 0 Å². The third-order valence-corrected chi connectivity index (χ3v) is 4.57. The Morgan fingerprint density at radius 1 is 1.24 bits per heavy atom. The average molecular weight is 291 g/mol. The zero-order valence-corrected chi connectivity index (χ0v) is 13.6. The molecule has 1 aromatic carbocycles. The fraction of sp³-hybridized carbons (Fsp3) is 0.667. The van der Waals surface area contributed by atoms with Crippen LogP contribution in [0.1, 0.15) is 45.6 Å². The highest BCUT2D eigenvalue weighted by molar-refractivity contribution is 5.23. The van der Waals surface area contributed by atoms with Crippen molar-refractivity contribution in [2.45, 2.75) is 57.1 Å². The van der Waals surface area contributed by atoms with Gasteiger partial charge in [-0.3, -0.25) is 0 Å². The van der Waals surface area contributed by atoms with Crippen molar-refractivity contribution < 1.29 is 9.84 Å². The Hall–Kier alpha value is -0.900. The number of benzene rings is 1. The van der Waals surface area contributed by atoms with Gasteiger partial charge in [-0.1, -0.05) is 44.2 Å². The summed E-state index contributed by atoms with van der Waals surface area (Å²) in [4.78, 5) is 0. The van der Waals surface area contributed by atoms with E-state index in [4.69, 9.17) is 4.74 Å². The van der Waals surface area contributed by atoms with Gasteiger partial charge in [-0.05, 0) is 24.3 Å². The molecule has 1 unspecified atom stereocenters. The highest BCUT2D eigenvalue weighted by atomic mass is 16.5. The van der Waals surface area contributed by atoms with Crippen molar-refractivity contribution in [3.63, 3.8) is 0 Å². The fourth-order valence-corrected chi connectivity index (χ4v) is 3.14. The quantitative estimate of drug-likeness (QED) is 0.847. The molecule has 0 saturated carbocycles. The molecule has 0 aromatic heterocycles. The molecule has 3 nitrogen and oxygen atoms in total. The summed E-state index contributed by atoms with van der Waals surface area (Å²) in [5.74, 6) is 0. The summed E-state index contributed by atoms with van der Waals surface area (Å²) >= 11 is 0. The SMILES string of the molecule is CC(CC(C)(C)c1ccccc1)NCC1(O)CCOCC1. The van der Waals surface area contributed by atoms with Gasteiger partial charge in [0.1, 0.15) is 0 Å². The predicted molar refractivity (Wildman–Crippen MR) is 86.6 cm³/mol. The van der Waals surface area contributed by atoms with Gasteiger partial charge in [-0.15, -0.1) is 0 Å². The maximum Gasteiger partial charge on any atom is 0.0815 e. The lowest BCUT2D eigenvalue weighted by molar-refractivity contribution is -0.0628. The molecule has 0 aliphatic carbocycles. The largest absolute Gasteiger partial charge is 0.388 e. The summed E-state index contributed by atoms with van der Waals surface area (Å²) in [7, 11) is 0. The summed E-state index contributed by atoms with van der Waals surface area (Å²) in [5, 5.41) is 14.0. The van der Waals surface area contributed by atoms with Crippen LogP contribution in [0.5, 0.6) is 0 Å². The molecular formula is C18H29NO2. The van der Waals surface area contributed by atoms with Crippen LogP contribution in [0.3, 0.4) is 0 Å². The van der Waals surface area contributed by atoms with E-state index in [1.807, 2.05) is 0 Å². The van der Waals surface area contributed by atoms with Gasteiger partial charge in [-0.2, -0.15) is 0 Å². The Balaban J connectivity index is 1.85. The van der Waals surface area contributed by atoms with Crippen molar-refractivity contribution in [1.82, 2.24) is 5.32 Å². The molecule has 0 amide bonds. The summed E-state index contributed by atoms with van der Waals surface area (Å²) < 4.78 is 5.32. The van der Waals surface area contributed by atoms with Gasteiger partial charge in [0.25, 0.3) is 0 Å². The van der Waals surface area contributed by atoms with E-state index in [2.05, 4.69) is 56.4 Å². The van der Waals surface area contributed by atoms with E-state index in [-0.39, 0.29) is 5.41 Å². The van der Waals surface area contributed by atoms with Gasteiger partial charge in [0.15, 0.2) is 0 Å². The minimum absolute atomic E-state index is 0.131. The first-order valence-corrected chi connectivity index (χ1v) is 8.00. The third-order valence-electron chi connectivity index (χ3n) is 4.57. The summed E-state index contributed by atoms with van der Waals surface area (Å²) in [5.41, 5.74) is 0.901. The first-order chi connectivity index (χ1) is 9.91. The van der Waals surface area contributed by atoms with Gasteiger partial charge in [0.05, 0.1) is 5.60 Å². The van der Waals surface area contributed by atoms with Crippen molar-refractivity contribution in [3.8, 4) is 0 Å². The normalized spacial score (nSPS) is 20.2. The van der Waals surface area contributed by atoms with Crippen molar-refractivity contribution in [3.05, 3.63) is 35.9 Å². The van der Waals surface area contributed by atoms with Gasteiger partial charge < -0.3 is 15.2 Å². The van der Waals surface area contributed by atoms with E-state index in [9.17, 15) is 5.11 Å². The minimum Gasteiger partial charge on any atom is -0.388 e. The van der Waals surface area contributed by atoms with Gasteiger partial charge in [0.2, 0.25) is 0 Å². The highest BCUT2D eigenvalue weighted by Crippen LogP contribution is 2.28. The van der Waals surface area contributed by atoms with Gasteiger partial charge in [0, 0.05) is 38.6 Å². The lowest BCUT2D eigenvalue weighted by Gasteiger charge is -2.35. The second kappa shape index (κ2) is 6.91. The second-order valence-electron chi connectivity index (χ2n) is 7.07. The molecule has 2 rings (SSSR count). The molecule has 0 spiro atoms. The van der Waals surface area contributed by atoms with Crippen LogP contribution >= 0.6 is 0 Å². The Bertz CT molecular complexity index is 424. The predicted octanol–water partition coefficient (Wildman–Crippen LogP) is 2.87. The molecule has 0 radical (unpaired) electrons. The zero-order valence-electron chi connectivity index (χ0n) is 13.6. The lowest BCUT2D eigenvalue weighted by atomic mass is 9.79. The highest BCUT2D eigenvalue weighted by Gasteiger charge is 2.30. The topological polar surface area (TPSA) is 41.5 Å². The number of ether oxygens (including phenoxy) is 1. The molecule has 21 heavy (non-hydrogen) atoms. The molecule has 1 atom stereocenters. The number of rotatable bonds is 6. The molecule has 0 bridgehead atoms. The second-order valence-corrected chi connectivity index (χ2v) is 7.07. The van der Waals surface area contributed by atoms with E-state index >= 15 is 0 Å². The molecule has 118 valence electrons. The Morgan fingerprint density at radius 2 is 1.86 bits per heavy atom. The van der Waals surface area contributed by atoms with Crippen molar-refractivity contribution in [1.29, 1.82) is 0 Å². The van der Waals surface area contributed by atoms with E-state index in [0.29, 0.717) is 25.8 Å². The molecule has 1 heterocycles. The van der Waals surface area contributed by atoms with Crippen LogP contribution in [-0.2, 0) is 10.2 Å². The first-order valence-electron chi connectivity index (χ1n) is 8.00. The molecular weight excluding hydrogens is 262 g/mol. The Labute approximate surface area is 128 Å². The number of hydrogen-bond acceptors (Lipinski definition) is 3. The Morgan fingerprint density at radius 3 is 2.48 bits per heavy atom. The number of nitrogens with one attached hydrogen (secondary N) is 1.